The number of rotatable bonds is 3. The van der Waals surface area contributed by atoms with E-state index in [2.05, 4.69) is 10.2 Å². The summed E-state index contributed by atoms with van der Waals surface area (Å²) in [5.41, 5.74) is 0.835. The van der Waals surface area contributed by atoms with E-state index in [1.165, 1.54) is 6.07 Å². The van der Waals surface area contributed by atoms with Gasteiger partial charge in [-0.05, 0) is 24.1 Å². The van der Waals surface area contributed by atoms with Gasteiger partial charge in [-0.25, -0.2) is 4.39 Å². The zero-order chi connectivity index (χ0) is 12.4. The van der Waals surface area contributed by atoms with Gasteiger partial charge in [0, 0.05) is 5.56 Å². The lowest BCUT2D eigenvalue weighted by Crippen LogP contribution is -1.88. The van der Waals surface area contributed by atoms with E-state index in [1.54, 1.807) is 12.1 Å². The van der Waals surface area contributed by atoms with Crippen molar-refractivity contribution in [3.05, 3.63) is 35.5 Å². The molecule has 0 saturated heterocycles. The quantitative estimate of drug-likeness (QED) is 0.828. The Kier molecular flexibility index (Phi) is 3.12. The van der Waals surface area contributed by atoms with Crippen LogP contribution < -0.4 is 0 Å². The average Bonchev–Trinajstić information content (AvgIpc) is 2.78. The molecule has 1 heterocycles. The van der Waals surface area contributed by atoms with Gasteiger partial charge >= 0.3 is 6.43 Å². The third-order valence-electron chi connectivity index (χ3n) is 2.31. The van der Waals surface area contributed by atoms with Crippen molar-refractivity contribution in [3.63, 3.8) is 0 Å². The van der Waals surface area contributed by atoms with E-state index in [9.17, 15) is 13.2 Å². The van der Waals surface area contributed by atoms with E-state index < -0.39 is 18.1 Å². The fourth-order valence-corrected chi connectivity index (χ4v) is 1.41. The summed E-state index contributed by atoms with van der Waals surface area (Å²) in [5, 5.41) is 6.62. The first-order chi connectivity index (χ1) is 8.11. The van der Waals surface area contributed by atoms with Crippen LogP contribution in [0.2, 0.25) is 0 Å². The van der Waals surface area contributed by atoms with Gasteiger partial charge in [0.25, 0.3) is 5.89 Å². The fourth-order valence-electron chi connectivity index (χ4n) is 1.41. The van der Waals surface area contributed by atoms with E-state index in [1.807, 2.05) is 6.92 Å². The van der Waals surface area contributed by atoms with Crippen molar-refractivity contribution in [2.45, 2.75) is 19.8 Å². The highest BCUT2D eigenvalue weighted by Crippen LogP contribution is 2.24. The molecule has 3 nitrogen and oxygen atoms in total. The molecule has 0 aliphatic carbocycles. The molecule has 0 unspecified atom stereocenters. The summed E-state index contributed by atoms with van der Waals surface area (Å²) in [6.07, 6.45) is -2.27. The zero-order valence-corrected chi connectivity index (χ0v) is 8.95. The van der Waals surface area contributed by atoms with Crippen LogP contribution in [0.4, 0.5) is 13.2 Å². The molecule has 2 aromatic rings. The second kappa shape index (κ2) is 4.57. The number of aryl methyl sites for hydroxylation is 1. The highest BCUT2D eigenvalue weighted by atomic mass is 19.3. The predicted molar refractivity (Wildman–Crippen MR) is 54.0 cm³/mol. The average molecular weight is 242 g/mol. The minimum atomic E-state index is -2.82. The van der Waals surface area contributed by atoms with Crippen LogP contribution in [0.15, 0.2) is 22.6 Å². The summed E-state index contributed by atoms with van der Waals surface area (Å²) >= 11 is 0. The van der Waals surface area contributed by atoms with Crippen molar-refractivity contribution in [2.24, 2.45) is 0 Å². The Morgan fingerprint density at radius 1 is 1.29 bits per heavy atom. The number of halogens is 3. The molecule has 0 fully saturated rings. The van der Waals surface area contributed by atoms with Crippen LogP contribution in [0.1, 0.15) is 24.8 Å². The van der Waals surface area contributed by atoms with Crippen molar-refractivity contribution in [2.75, 3.05) is 0 Å². The molecule has 0 radical (unpaired) electrons. The summed E-state index contributed by atoms with van der Waals surface area (Å²) in [7, 11) is 0. The Morgan fingerprint density at radius 2 is 2.06 bits per heavy atom. The molecule has 1 aromatic heterocycles. The molecule has 0 bridgehead atoms. The largest absolute Gasteiger partial charge is 0.415 e. The maximum Gasteiger partial charge on any atom is 0.314 e. The van der Waals surface area contributed by atoms with Crippen LogP contribution in [-0.2, 0) is 6.42 Å². The van der Waals surface area contributed by atoms with Crippen molar-refractivity contribution >= 4 is 0 Å². The Bertz CT molecular complexity index is 525. The lowest BCUT2D eigenvalue weighted by atomic mass is 10.1. The normalized spacial score (nSPS) is 11.1. The molecule has 1 aromatic carbocycles. The Morgan fingerprint density at radius 3 is 2.59 bits per heavy atom. The van der Waals surface area contributed by atoms with E-state index >= 15 is 0 Å². The third kappa shape index (κ3) is 2.30. The van der Waals surface area contributed by atoms with Crippen LogP contribution >= 0.6 is 0 Å². The molecule has 0 aliphatic rings. The standard InChI is InChI=1S/C11H9F3N2O/c1-2-6-3-4-7(5-8(6)12)10-15-16-11(17-10)9(13)14/h3-5,9H,2H2,1H3. The molecular formula is C11H9F3N2O. The predicted octanol–water partition coefficient (Wildman–Crippen LogP) is 3.38. The van der Waals surface area contributed by atoms with Gasteiger partial charge in [-0.1, -0.05) is 13.0 Å². The lowest BCUT2D eigenvalue weighted by Gasteiger charge is -2.00. The number of benzene rings is 1. The molecule has 90 valence electrons. The van der Waals surface area contributed by atoms with Crippen molar-refractivity contribution < 1.29 is 17.6 Å². The molecule has 0 N–H and O–H groups in total. The number of hydrogen-bond acceptors (Lipinski definition) is 3. The molecule has 0 spiro atoms. The van der Waals surface area contributed by atoms with Gasteiger partial charge in [0.1, 0.15) is 5.82 Å². The number of nitrogens with zero attached hydrogens (tertiary/aromatic N) is 2. The molecule has 0 saturated carbocycles. The Hall–Kier alpha value is -1.85. The molecule has 2 rings (SSSR count). The summed E-state index contributed by atoms with van der Waals surface area (Å²) in [5.74, 6) is -1.29. The summed E-state index contributed by atoms with van der Waals surface area (Å²) in [6.45, 7) is 1.82. The highest BCUT2D eigenvalue weighted by molar-refractivity contribution is 5.53. The maximum absolute atomic E-state index is 13.5. The molecular weight excluding hydrogens is 233 g/mol. The first-order valence-corrected chi connectivity index (χ1v) is 5.02. The summed E-state index contributed by atoms with van der Waals surface area (Å²) in [4.78, 5) is 0. The second-order valence-electron chi connectivity index (χ2n) is 3.41. The molecule has 6 heteroatoms. The first-order valence-electron chi connectivity index (χ1n) is 5.02. The van der Waals surface area contributed by atoms with E-state index in [0.717, 1.165) is 0 Å². The van der Waals surface area contributed by atoms with Crippen LogP contribution in [0.25, 0.3) is 11.5 Å². The molecule has 0 atom stereocenters. The SMILES string of the molecule is CCc1ccc(-c2nnc(C(F)F)o2)cc1F. The van der Waals surface area contributed by atoms with Gasteiger partial charge in [-0.15, -0.1) is 10.2 Å². The van der Waals surface area contributed by atoms with Crippen molar-refractivity contribution in [1.82, 2.24) is 10.2 Å². The minimum absolute atomic E-state index is 0.109. The van der Waals surface area contributed by atoms with Crippen LogP contribution in [0.3, 0.4) is 0 Å². The van der Waals surface area contributed by atoms with E-state index in [-0.39, 0.29) is 5.89 Å². The third-order valence-corrected chi connectivity index (χ3v) is 2.31. The maximum atomic E-state index is 13.5. The monoisotopic (exact) mass is 242 g/mol. The second-order valence-corrected chi connectivity index (χ2v) is 3.41. The van der Waals surface area contributed by atoms with E-state index in [0.29, 0.717) is 17.5 Å². The van der Waals surface area contributed by atoms with Crippen molar-refractivity contribution in [3.8, 4) is 11.5 Å². The van der Waals surface area contributed by atoms with Gasteiger partial charge in [0.05, 0.1) is 0 Å². The topological polar surface area (TPSA) is 38.9 Å². The smallest absolute Gasteiger partial charge is 0.314 e. The van der Waals surface area contributed by atoms with E-state index in [4.69, 9.17) is 4.42 Å². The minimum Gasteiger partial charge on any atom is -0.415 e. The zero-order valence-electron chi connectivity index (χ0n) is 8.95. The van der Waals surface area contributed by atoms with Gasteiger partial charge < -0.3 is 4.42 Å². The fraction of sp³-hybridized carbons (Fsp3) is 0.273. The molecule has 17 heavy (non-hydrogen) atoms. The van der Waals surface area contributed by atoms with Crippen LogP contribution in [-0.4, -0.2) is 10.2 Å². The van der Waals surface area contributed by atoms with Crippen LogP contribution in [0, 0.1) is 5.82 Å². The van der Waals surface area contributed by atoms with Gasteiger partial charge in [-0.2, -0.15) is 8.78 Å². The van der Waals surface area contributed by atoms with Crippen molar-refractivity contribution in [1.29, 1.82) is 0 Å². The first kappa shape index (κ1) is 11.6. The van der Waals surface area contributed by atoms with Crippen LogP contribution in [0.5, 0.6) is 0 Å². The summed E-state index contributed by atoms with van der Waals surface area (Å²) in [6, 6.07) is 4.32. The van der Waals surface area contributed by atoms with Gasteiger partial charge in [0.2, 0.25) is 5.89 Å². The highest BCUT2D eigenvalue weighted by Gasteiger charge is 2.17. The number of aromatic nitrogens is 2. The Balaban J connectivity index is 2.36. The van der Waals surface area contributed by atoms with Gasteiger partial charge in [-0.3, -0.25) is 0 Å². The summed E-state index contributed by atoms with van der Waals surface area (Å²) < 4.78 is 42.6. The lowest BCUT2D eigenvalue weighted by molar-refractivity contribution is 0.116. The molecule has 0 amide bonds. The number of hydrogen-bond donors (Lipinski definition) is 0. The number of alkyl halides is 2. The Labute approximate surface area is 95.3 Å². The molecule has 0 aliphatic heterocycles. The van der Waals surface area contributed by atoms with Gasteiger partial charge in [0.15, 0.2) is 0 Å².